The maximum Gasteiger partial charge on any atom is 0.248 e. The van der Waals surface area contributed by atoms with Crippen LogP contribution in [0.4, 0.5) is 0 Å². The van der Waals surface area contributed by atoms with Gasteiger partial charge < -0.3 is 40.9 Å². The highest BCUT2D eigenvalue weighted by atomic mass is 16.5. The van der Waals surface area contributed by atoms with Crippen molar-refractivity contribution in [2.45, 2.75) is 70.5 Å². The number of aromatic nitrogens is 3. The molecule has 0 saturated carbocycles. The third-order valence-corrected chi connectivity index (χ3v) is 9.54. The van der Waals surface area contributed by atoms with Gasteiger partial charge >= 0.3 is 0 Å². The number of rotatable bonds is 5. The molecule has 5 N–H and O–H groups in total. The molecule has 5 rings (SSSR count). The van der Waals surface area contributed by atoms with Crippen LogP contribution in [0.5, 0.6) is 0 Å². The van der Waals surface area contributed by atoms with Crippen molar-refractivity contribution in [3.05, 3.63) is 72.1 Å². The molecular formula is C38H51N9O7. The summed E-state index contributed by atoms with van der Waals surface area (Å²) in [7, 11) is 3.25. The Kier molecular flexibility index (Phi) is 13.2. The van der Waals surface area contributed by atoms with Crippen molar-refractivity contribution < 1.29 is 33.8 Å². The van der Waals surface area contributed by atoms with Gasteiger partial charge in [0.2, 0.25) is 29.5 Å². The van der Waals surface area contributed by atoms with Gasteiger partial charge in [0.25, 0.3) is 0 Å². The Morgan fingerprint density at radius 3 is 2.31 bits per heavy atom. The molecule has 1 saturated heterocycles. The molecule has 2 aromatic carbocycles. The average Bonchev–Trinajstić information content (AvgIpc) is 3.77. The summed E-state index contributed by atoms with van der Waals surface area (Å²) in [5.41, 5.74) is 2.49. The van der Waals surface area contributed by atoms with Crippen LogP contribution >= 0.6 is 0 Å². The lowest BCUT2D eigenvalue weighted by Crippen LogP contribution is -2.57. The number of aliphatic hydroxyl groups is 1. The fraction of sp³-hybridized carbons (Fsp3) is 0.500. The van der Waals surface area contributed by atoms with Gasteiger partial charge in [-0.2, -0.15) is 0 Å². The highest BCUT2D eigenvalue weighted by Gasteiger charge is 2.46. The summed E-state index contributed by atoms with van der Waals surface area (Å²) in [5.74, 6) is -2.68. The molecule has 2 bridgehead atoms. The lowest BCUT2D eigenvalue weighted by atomic mass is 9.85. The molecule has 290 valence electrons. The van der Waals surface area contributed by atoms with Crippen molar-refractivity contribution in [1.82, 2.24) is 46.1 Å². The van der Waals surface area contributed by atoms with E-state index in [0.717, 1.165) is 16.7 Å². The lowest BCUT2D eigenvalue weighted by molar-refractivity contribution is -0.144. The summed E-state index contributed by atoms with van der Waals surface area (Å²) in [5, 5.41) is 30.2. The number of hydrogen-bond acceptors (Lipinski definition) is 10. The molecule has 3 aromatic rings. The van der Waals surface area contributed by atoms with E-state index < -0.39 is 65.9 Å². The first kappa shape index (κ1) is 40.0. The molecule has 2 aliphatic heterocycles. The highest BCUT2D eigenvalue weighted by molar-refractivity contribution is 5.95. The van der Waals surface area contributed by atoms with E-state index in [4.69, 9.17) is 4.74 Å². The van der Waals surface area contributed by atoms with Crippen LogP contribution in [-0.4, -0.2) is 131 Å². The van der Waals surface area contributed by atoms with Gasteiger partial charge in [0.1, 0.15) is 29.9 Å². The molecule has 5 amide bonds. The summed E-state index contributed by atoms with van der Waals surface area (Å²) in [6, 6.07) is 13.3. The zero-order valence-corrected chi connectivity index (χ0v) is 31.4. The number of nitrogens with one attached hydrogen (secondary N) is 4. The standard InChI is InChI=1S/C38H51N9O7/c1-38(2,3)33-37(53)46-22-28(48)18-31(46)35(51)42-29(17-24-11-13-26(14-12-24)25-9-7-6-8-10-25)34(50)40-20-32(49)41-30(19-39-4)36(52)45(5)15-16-54-23-27-21-47(33)44-43-27/h6-14,21,28-31,33,39,48H,15-20,22-23H2,1-5H3,(H,40,50)(H,41,49)(H,42,51)/t28-,29-,30-,31+,33-/m1/s1. The molecule has 0 spiro atoms. The Morgan fingerprint density at radius 2 is 1.63 bits per heavy atom. The molecule has 0 aliphatic carbocycles. The Hall–Kier alpha value is -5.19. The first-order valence-corrected chi connectivity index (χ1v) is 18.1. The summed E-state index contributed by atoms with van der Waals surface area (Å²) >= 11 is 0. The smallest absolute Gasteiger partial charge is 0.248 e. The van der Waals surface area contributed by atoms with Crippen molar-refractivity contribution in [2.24, 2.45) is 5.41 Å². The molecule has 16 nitrogen and oxygen atoms in total. The molecular weight excluding hydrogens is 694 g/mol. The SMILES string of the molecule is CNC[C@H]1NC(=O)CNC(=O)[C@@H](Cc2ccc(-c3ccccc3)cc2)NC(=O)[C@@H]2C[C@@H](O)CN2C(=O)[C@H](C(C)(C)C)n2cc(nn2)COCCN(C)C1=O. The Morgan fingerprint density at radius 1 is 0.926 bits per heavy atom. The zero-order chi connectivity index (χ0) is 39.0. The number of ether oxygens (including phenoxy) is 1. The highest BCUT2D eigenvalue weighted by Crippen LogP contribution is 2.34. The van der Waals surface area contributed by atoms with Crippen LogP contribution in [0.2, 0.25) is 0 Å². The first-order valence-electron chi connectivity index (χ1n) is 18.1. The van der Waals surface area contributed by atoms with E-state index in [2.05, 4.69) is 31.6 Å². The maximum atomic E-state index is 14.3. The number of amides is 5. The van der Waals surface area contributed by atoms with Gasteiger partial charge in [-0.3, -0.25) is 24.0 Å². The summed E-state index contributed by atoms with van der Waals surface area (Å²) in [4.78, 5) is 71.3. The minimum atomic E-state index is -1.16. The van der Waals surface area contributed by atoms with Crippen molar-refractivity contribution in [3.63, 3.8) is 0 Å². The van der Waals surface area contributed by atoms with E-state index in [-0.39, 0.29) is 51.6 Å². The fourth-order valence-electron chi connectivity index (χ4n) is 6.72. The van der Waals surface area contributed by atoms with Gasteiger partial charge in [-0.25, -0.2) is 4.68 Å². The molecule has 2 aliphatic rings. The molecule has 1 aromatic heterocycles. The quantitative estimate of drug-likeness (QED) is 0.238. The largest absolute Gasteiger partial charge is 0.391 e. The number of fused-ring (bicyclic) bond motifs is 3. The minimum absolute atomic E-state index is 0.0390. The third-order valence-electron chi connectivity index (χ3n) is 9.54. The van der Waals surface area contributed by atoms with Gasteiger partial charge in [-0.15, -0.1) is 5.10 Å². The number of hydrogen-bond donors (Lipinski definition) is 5. The second-order valence-electron chi connectivity index (χ2n) is 14.9. The normalized spacial score (nSPS) is 24.2. The monoisotopic (exact) mass is 745 g/mol. The van der Waals surface area contributed by atoms with Gasteiger partial charge in [-0.05, 0) is 29.2 Å². The van der Waals surface area contributed by atoms with Gasteiger partial charge in [0.15, 0.2) is 0 Å². The molecule has 0 radical (unpaired) electrons. The van der Waals surface area contributed by atoms with Crippen LogP contribution in [0.3, 0.4) is 0 Å². The number of aliphatic hydroxyl groups excluding tert-OH is 1. The van der Waals surface area contributed by atoms with Crippen molar-refractivity contribution in [3.8, 4) is 11.1 Å². The van der Waals surface area contributed by atoms with E-state index in [0.29, 0.717) is 5.69 Å². The third kappa shape index (κ3) is 10.1. The lowest BCUT2D eigenvalue weighted by Gasteiger charge is -2.35. The van der Waals surface area contributed by atoms with Gasteiger partial charge in [0, 0.05) is 39.5 Å². The molecule has 1 fully saturated rings. The molecule has 16 heteroatoms. The maximum absolute atomic E-state index is 14.3. The fourth-order valence-corrected chi connectivity index (χ4v) is 6.72. The second kappa shape index (κ2) is 17.8. The zero-order valence-electron chi connectivity index (χ0n) is 31.4. The van der Waals surface area contributed by atoms with Crippen LogP contribution in [-0.2, 0) is 41.7 Å². The van der Waals surface area contributed by atoms with Gasteiger partial charge in [0.05, 0.1) is 32.1 Å². The average molecular weight is 746 g/mol. The van der Waals surface area contributed by atoms with E-state index in [1.807, 2.05) is 75.4 Å². The molecule has 3 heterocycles. The second-order valence-corrected chi connectivity index (χ2v) is 14.9. The van der Waals surface area contributed by atoms with Crippen LogP contribution in [0.25, 0.3) is 11.1 Å². The number of carbonyl (C=O) groups is 5. The Bertz CT molecular complexity index is 1780. The molecule has 0 unspecified atom stereocenters. The minimum Gasteiger partial charge on any atom is -0.391 e. The first-order chi connectivity index (χ1) is 25.7. The Balaban J connectivity index is 1.45. The number of benzene rings is 2. The predicted octanol–water partition coefficient (Wildman–Crippen LogP) is 0.0306. The van der Waals surface area contributed by atoms with Crippen LogP contribution in [0, 0.1) is 5.41 Å². The number of nitrogens with zero attached hydrogens (tertiary/aromatic N) is 5. The van der Waals surface area contributed by atoms with Crippen molar-refractivity contribution in [1.29, 1.82) is 0 Å². The van der Waals surface area contributed by atoms with Crippen LogP contribution in [0.1, 0.15) is 44.5 Å². The van der Waals surface area contributed by atoms with E-state index in [1.54, 1.807) is 20.3 Å². The topological polar surface area (TPSA) is 200 Å². The molecule has 5 atom stereocenters. The van der Waals surface area contributed by atoms with E-state index in [1.165, 1.54) is 14.5 Å². The van der Waals surface area contributed by atoms with Crippen molar-refractivity contribution in [2.75, 3.05) is 46.9 Å². The van der Waals surface area contributed by atoms with Crippen LogP contribution < -0.4 is 21.3 Å². The van der Waals surface area contributed by atoms with E-state index >= 15 is 0 Å². The van der Waals surface area contributed by atoms with Crippen LogP contribution in [0.15, 0.2) is 60.8 Å². The summed E-state index contributed by atoms with van der Waals surface area (Å²) < 4.78 is 7.22. The van der Waals surface area contributed by atoms with Crippen molar-refractivity contribution >= 4 is 29.5 Å². The van der Waals surface area contributed by atoms with Gasteiger partial charge in [-0.1, -0.05) is 80.6 Å². The summed E-state index contributed by atoms with van der Waals surface area (Å²) in [6.45, 7) is 5.63. The number of likely N-dealkylation sites (N-methyl/N-ethyl adjacent to an activating group) is 2. The van der Waals surface area contributed by atoms with E-state index in [9.17, 15) is 29.1 Å². The number of carbonyl (C=O) groups excluding carboxylic acids is 5. The predicted molar refractivity (Wildman–Crippen MR) is 198 cm³/mol. The Labute approximate surface area is 315 Å². The molecule has 54 heavy (non-hydrogen) atoms. The summed E-state index contributed by atoms with van der Waals surface area (Å²) in [6.07, 6.45) is 0.658.